The molecule has 1 saturated heterocycles. The number of hydrogen-bond donors (Lipinski definition) is 1. The number of hydrogen-bond acceptors (Lipinski definition) is 3. The van der Waals surface area contributed by atoms with E-state index in [9.17, 15) is 9.59 Å². The molecule has 1 aliphatic rings. The van der Waals surface area contributed by atoms with Crippen molar-refractivity contribution in [3.63, 3.8) is 0 Å². The minimum Gasteiger partial charge on any atom is -0.339 e. The van der Waals surface area contributed by atoms with E-state index in [2.05, 4.69) is 0 Å². The molecule has 1 fully saturated rings. The Morgan fingerprint density at radius 3 is 2.28 bits per heavy atom. The lowest BCUT2D eigenvalue weighted by atomic mass is 9.95. The van der Waals surface area contributed by atoms with Crippen LogP contribution in [0.1, 0.15) is 43.5 Å². The Bertz CT molecular complexity index is 590. The van der Waals surface area contributed by atoms with Gasteiger partial charge in [0.15, 0.2) is 0 Å². The van der Waals surface area contributed by atoms with Gasteiger partial charge in [-0.25, -0.2) is 0 Å². The average Bonchev–Trinajstić information content (AvgIpc) is 2.80. The Kier molecular flexibility index (Phi) is 8.19. The first-order valence-electron chi connectivity index (χ1n) is 8.48. The number of halogens is 2. The molecule has 5 nitrogen and oxygen atoms in total. The molecule has 0 saturated carbocycles. The fourth-order valence-electron chi connectivity index (χ4n) is 3.09. The van der Waals surface area contributed by atoms with E-state index in [-0.39, 0.29) is 24.2 Å². The minimum absolute atomic E-state index is 0. The van der Waals surface area contributed by atoms with Crippen molar-refractivity contribution in [2.24, 2.45) is 5.73 Å². The van der Waals surface area contributed by atoms with Gasteiger partial charge in [-0.2, -0.15) is 0 Å². The summed E-state index contributed by atoms with van der Waals surface area (Å²) in [5.74, 6) is -0.0461. The predicted molar refractivity (Wildman–Crippen MR) is 103 cm³/mol. The van der Waals surface area contributed by atoms with Crippen molar-refractivity contribution in [2.75, 3.05) is 26.2 Å². The highest BCUT2D eigenvalue weighted by atomic mass is 35.5. The molecule has 1 aromatic carbocycles. The second-order valence-corrected chi connectivity index (χ2v) is 7.05. The van der Waals surface area contributed by atoms with Crippen LogP contribution in [0.2, 0.25) is 5.02 Å². The number of amides is 2. The molecule has 0 bridgehead atoms. The van der Waals surface area contributed by atoms with Crippen LogP contribution in [0.5, 0.6) is 0 Å². The second-order valence-electron chi connectivity index (χ2n) is 6.61. The topological polar surface area (TPSA) is 66.6 Å². The van der Waals surface area contributed by atoms with Crippen LogP contribution in [-0.2, 0) is 4.79 Å². The number of rotatable bonds is 4. The third-order valence-electron chi connectivity index (χ3n) is 4.42. The Hall–Kier alpha value is -1.30. The third-order valence-corrected chi connectivity index (χ3v) is 4.67. The Morgan fingerprint density at radius 1 is 1.12 bits per heavy atom. The van der Waals surface area contributed by atoms with Crippen molar-refractivity contribution >= 4 is 35.8 Å². The van der Waals surface area contributed by atoms with Crippen molar-refractivity contribution in [3.8, 4) is 0 Å². The molecule has 1 atom stereocenters. The summed E-state index contributed by atoms with van der Waals surface area (Å²) in [6.45, 7) is 6.14. The summed E-state index contributed by atoms with van der Waals surface area (Å²) in [6, 6.07) is 6.90. The van der Waals surface area contributed by atoms with E-state index in [4.69, 9.17) is 17.3 Å². The summed E-state index contributed by atoms with van der Waals surface area (Å²) in [4.78, 5) is 28.8. The van der Waals surface area contributed by atoms with Crippen LogP contribution in [0.4, 0.5) is 0 Å². The maximum absolute atomic E-state index is 12.6. The van der Waals surface area contributed by atoms with Crippen molar-refractivity contribution < 1.29 is 9.59 Å². The lowest BCUT2D eigenvalue weighted by Gasteiger charge is -2.31. The molecule has 0 aromatic heterocycles. The molecule has 2 rings (SSSR count). The molecule has 1 heterocycles. The van der Waals surface area contributed by atoms with Gasteiger partial charge in [0.1, 0.15) is 0 Å². The van der Waals surface area contributed by atoms with Crippen LogP contribution in [-0.4, -0.2) is 53.3 Å². The predicted octanol–water partition coefficient (Wildman–Crippen LogP) is 2.95. The van der Waals surface area contributed by atoms with E-state index in [1.165, 1.54) is 0 Å². The first-order valence-corrected chi connectivity index (χ1v) is 8.86. The van der Waals surface area contributed by atoms with Crippen LogP contribution in [0.15, 0.2) is 24.3 Å². The van der Waals surface area contributed by atoms with E-state index < -0.39 is 5.54 Å². The average molecular weight is 388 g/mol. The quantitative estimate of drug-likeness (QED) is 0.863. The zero-order valence-corrected chi connectivity index (χ0v) is 16.4. The number of benzene rings is 1. The van der Waals surface area contributed by atoms with Gasteiger partial charge in [-0.3, -0.25) is 9.59 Å². The molecule has 0 aliphatic carbocycles. The van der Waals surface area contributed by atoms with Crippen LogP contribution < -0.4 is 5.73 Å². The first kappa shape index (κ1) is 21.7. The van der Waals surface area contributed by atoms with Crippen LogP contribution in [0.25, 0.3) is 0 Å². The van der Waals surface area contributed by atoms with Gasteiger partial charge in [0, 0.05) is 36.8 Å². The summed E-state index contributed by atoms with van der Waals surface area (Å²) < 4.78 is 0. The van der Waals surface area contributed by atoms with Gasteiger partial charge in [0.2, 0.25) is 5.91 Å². The minimum atomic E-state index is -0.829. The number of nitrogens with zero attached hydrogens (tertiary/aromatic N) is 2. The van der Waals surface area contributed by atoms with E-state index in [1.54, 1.807) is 41.0 Å². The van der Waals surface area contributed by atoms with Gasteiger partial charge < -0.3 is 15.5 Å². The highest BCUT2D eigenvalue weighted by molar-refractivity contribution is 6.30. The van der Waals surface area contributed by atoms with E-state index in [1.807, 2.05) is 6.92 Å². The monoisotopic (exact) mass is 387 g/mol. The Morgan fingerprint density at radius 2 is 1.68 bits per heavy atom. The van der Waals surface area contributed by atoms with E-state index >= 15 is 0 Å². The molecule has 2 N–H and O–H groups in total. The zero-order valence-electron chi connectivity index (χ0n) is 14.8. The lowest BCUT2D eigenvalue weighted by Crippen LogP contribution is -2.54. The second kappa shape index (κ2) is 9.41. The highest BCUT2D eigenvalue weighted by Crippen LogP contribution is 2.17. The van der Waals surface area contributed by atoms with Gasteiger partial charge in [-0.1, -0.05) is 24.9 Å². The highest BCUT2D eigenvalue weighted by Gasteiger charge is 2.33. The standard InChI is InChI=1S/C18H26ClN3O2.ClH/c1-3-9-18(2,20)17(24)22-11-4-10-21(12-13-22)16(23)14-5-7-15(19)8-6-14;/h5-8H,3-4,9-13,20H2,1-2H3;1H. The molecule has 0 spiro atoms. The maximum Gasteiger partial charge on any atom is 0.253 e. The molecule has 2 amide bonds. The summed E-state index contributed by atoms with van der Waals surface area (Å²) >= 11 is 5.87. The molecule has 1 aliphatic heterocycles. The van der Waals surface area contributed by atoms with E-state index in [0.717, 1.165) is 12.8 Å². The summed E-state index contributed by atoms with van der Waals surface area (Å²) in [6.07, 6.45) is 2.29. The van der Waals surface area contributed by atoms with Crippen molar-refractivity contribution in [2.45, 2.75) is 38.6 Å². The van der Waals surface area contributed by atoms with Crippen LogP contribution in [0, 0.1) is 0 Å². The fourth-order valence-corrected chi connectivity index (χ4v) is 3.21. The van der Waals surface area contributed by atoms with Crippen molar-refractivity contribution in [1.29, 1.82) is 0 Å². The Balaban J connectivity index is 0.00000312. The first-order chi connectivity index (χ1) is 11.3. The summed E-state index contributed by atoms with van der Waals surface area (Å²) in [5.41, 5.74) is 5.96. The van der Waals surface area contributed by atoms with E-state index in [0.29, 0.717) is 43.2 Å². The smallest absolute Gasteiger partial charge is 0.253 e. The van der Waals surface area contributed by atoms with Crippen molar-refractivity contribution in [3.05, 3.63) is 34.9 Å². The van der Waals surface area contributed by atoms with Gasteiger partial charge >= 0.3 is 0 Å². The van der Waals surface area contributed by atoms with Gasteiger partial charge in [0.25, 0.3) is 5.91 Å². The van der Waals surface area contributed by atoms with Crippen LogP contribution in [0.3, 0.4) is 0 Å². The number of carbonyl (C=O) groups excluding carboxylic acids is 2. The molecule has 0 radical (unpaired) electrons. The normalized spacial score (nSPS) is 17.3. The molecular formula is C18H27Cl2N3O2. The molecule has 1 unspecified atom stereocenters. The van der Waals surface area contributed by atoms with Gasteiger partial charge in [0.05, 0.1) is 5.54 Å². The molecule has 25 heavy (non-hydrogen) atoms. The third kappa shape index (κ3) is 5.59. The largest absolute Gasteiger partial charge is 0.339 e. The molecule has 7 heteroatoms. The maximum atomic E-state index is 12.6. The molecule has 140 valence electrons. The molecular weight excluding hydrogens is 361 g/mol. The number of nitrogens with two attached hydrogens (primary N) is 1. The van der Waals surface area contributed by atoms with Crippen molar-refractivity contribution in [1.82, 2.24) is 9.80 Å². The van der Waals surface area contributed by atoms with Gasteiger partial charge in [-0.05, 0) is 44.0 Å². The SMILES string of the molecule is CCCC(C)(N)C(=O)N1CCCN(C(=O)c2ccc(Cl)cc2)CC1.Cl. The summed E-state index contributed by atoms with van der Waals surface area (Å²) in [5, 5.41) is 0.609. The molecule has 1 aromatic rings. The Labute approximate surface area is 160 Å². The zero-order chi connectivity index (χ0) is 17.7. The van der Waals surface area contributed by atoms with Crippen LogP contribution >= 0.6 is 24.0 Å². The lowest BCUT2D eigenvalue weighted by molar-refractivity contribution is -0.136. The van der Waals surface area contributed by atoms with Gasteiger partial charge in [-0.15, -0.1) is 12.4 Å². The fraction of sp³-hybridized carbons (Fsp3) is 0.556. The number of carbonyl (C=O) groups is 2. The summed E-state index contributed by atoms with van der Waals surface area (Å²) in [7, 11) is 0.